The molecule has 0 aromatic heterocycles. The van der Waals surface area contributed by atoms with Crippen molar-refractivity contribution in [2.45, 2.75) is 46.0 Å². The fourth-order valence-corrected chi connectivity index (χ4v) is 3.02. The summed E-state index contributed by atoms with van der Waals surface area (Å²) in [5.41, 5.74) is 1.94. The normalized spacial score (nSPS) is 10.7. The summed E-state index contributed by atoms with van der Waals surface area (Å²) in [6.07, 6.45) is 3.40. The first-order valence-corrected chi connectivity index (χ1v) is 10.2. The third kappa shape index (κ3) is 7.25. The van der Waals surface area contributed by atoms with Gasteiger partial charge in [-0.25, -0.2) is 0 Å². The summed E-state index contributed by atoms with van der Waals surface area (Å²) in [6, 6.07) is 13.3. The Labute approximate surface area is 170 Å². The Morgan fingerprint density at radius 1 is 1.07 bits per heavy atom. The molecule has 0 bridgehead atoms. The van der Waals surface area contributed by atoms with Crippen molar-refractivity contribution in [3.05, 3.63) is 52.5 Å². The van der Waals surface area contributed by atoms with Crippen LogP contribution in [0, 0.1) is 0 Å². The Bertz CT molecular complexity index is 729. The zero-order valence-electron chi connectivity index (χ0n) is 16.3. The van der Waals surface area contributed by atoms with Crippen molar-refractivity contribution in [3.8, 4) is 11.5 Å². The minimum absolute atomic E-state index is 0.0467. The molecular formula is C22H28BrNO3. The molecule has 2 rings (SSSR count). The van der Waals surface area contributed by atoms with Gasteiger partial charge in [-0.2, -0.15) is 0 Å². The Balaban J connectivity index is 1.80. The Morgan fingerprint density at radius 3 is 2.44 bits per heavy atom. The molecule has 146 valence electrons. The number of halogens is 1. The summed E-state index contributed by atoms with van der Waals surface area (Å²) >= 11 is 3.50. The summed E-state index contributed by atoms with van der Waals surface area (Å²) in [4.78, 5) is 12.1. The van der Waals surface area contributed by atoms with Gasteiger partial charge >= 0.3 is 0 Å². The van der Waals surface area contributed by atoms with Crippen molar-refractivity contribution < 1.29 is 14.3 Å². The van der Waals surface area contributed by atoms with Gasteiger partial charge in [-0.05, 0) is 70.2 Å². The van der Waals surface area contributed by atoms with Crippen molar-refractivity contribution >= 4 is 27.5 Å². The highest BCUT2D eigenvalue weighted by Gasteiger charge is 2.08. The van der Waals surface area contributed by atoms with Crippen LogP contribution in [0.3, 0.4) is 0 Å². The molecule has 2 aromatic carbocycles. The molecule has 0 atom stereocenters. The lowest BCUT2D eigenvalue weighted by atomic mass is 10.0. The van der Waals surface area contributed by atoms with Gasteiger partial charge in [-0.15, -0.1) is 0 Å². The Hall–Kier alpha value is -2.01. The van der Waals surface area contributed by atoms with Crippen LogP contribution in [0.5, 0.6) is 11.5 Å². The number of rotatable bonds is 10. The minimum Gasteiger partial charge on any atom is -0.494 e. The van der Waals surface area contributed by atoms with Crippen LogP contribution < -0.4 is 14.8 Å². The second-order valence-electron chi connectivity index (χ2n) is 6.76. The van der Waals surface area contributed by atoms with Gasteiger partial charge in [0.15, 0.2) is 6.61 Å². The molecule has 0 fully saturated rings. The molecule has 4 nitrogen and oxygen atoms in total. The molecule has 0 unspecified atom stereocenters. The molecule has 27 heavy (non-hydrogen) atoms. The highest BCUT2D eigenvalue weighted by Crippen LogP contribution is 2.28. The van der Waals surface area contributed by atoms with Crippen LogP contribution in [0.4, 0.5) is 5.69 Å². The molecule has 0 aliphatic rings. The molecule has 0 saturated heterocycles. The van der Waals surface area contributed by atoms with Gasteiger partial charge in [0, 0.05) is 5.69 Å². The maximum atomic E-state index is 12.1. The summed E-state index contributed by atoms with van der Waals surface area (Å²) in [7, 11) is 0. The van der Waals surface area contributed by atoms with E-state index in [-0.39, 0.29) is 12.5 Å². The molecule has 1 N–H and O–H groups in total. The lowest BCUT2D eigenvalue weighted by Crippen LogP contribution is -2.20. The van der Waals surface area contributed by atoms with Crippen LogP contribution in [0.1, 0.15) is 51.5 Å². The summed E-state index contributed by atoms with van der Waals surface area (Å²) in [6.45, 7) is 7.11. The first-order valence-electron chi connectivity index (χ1n) is 9.44. The van der Waals surface area contributed by atoms with E-state index in [0.717, 1.165) is 28.9 Å². The Kier molecular flexibility index (Phi) is 8.65. The number of hydrogen-bond acceptors (Lipinski definition) is 3. The SMILES string of the molecule is CCCCCOc1ccc(NC(=O)COc2ccc(C(C)C)cc2Br)cc1. The monoisotopic (exact) mass is 433 g/mol. The second kappa shape index (κ2) is 11.0. The predicted octanol–water partition coefficient (Wildman–Crippen LogP) is 6.16. The van der Waals surface area contributed by atoms with Crippen LogP contribution >= 0.6 is 15.9 Å². The van der Waals surface area contributed by atoms with Crippen LogP contribution in [0.15, 0.2) is 46.9 Å². The smallest absolute Gasteiger partial charge is 0.262 e. The van der Waals surface area contributed by atoms with E-state index in [2.05, 4.69) is 42.0 Å². The second-order valence-corrected chi connectivity index (χ2v) is 7.62. The quantitative estimate of drug-likeness (QED) is 0.456. The van der Waals surface area contributed by atoms with Gasteiger partial charge in [0.1, 0.15) is 11.5 Å². The standard InChI is InChI=1S/C22H28BrNO3/c1-4-5-6-13-26-19-10-8-18(9-11-19)24-22(25)15-27-21-12-7-17(16(2)3)14-20(21)23/h7-12,14,16H,4-6,13,15H2,1-3H3,(H,24,25). The van der Waals surface area contributed by atoms with Gasteiger partial charge in [0.05, 0.1) is 11.1 Å². The van der Waals surface area contributed by atoms with Crippen molar-refractivity contribution in [2.24, 2.45) is 0 Å². The molecule has 1 amide bonds. The minimum atomic E-state index is -0.202. The van der Waals surface area contributed by atoms with Crippen LogP contribution in [0.25, 0.3) is 0 Å². The lowest BCUT2D eigenvalue weighted by molar-refractivity contribution is -0.118. The average molecular weight is 434 g/mol. The van der Waals surface area contributed by atoms with Crippen LogP contribution in [0.2, 0.25) is 0 Å². The zero-order valence-corrected chi connectivity index (χ0v) is 17.8. The van der Waals surface area contributed by atoms with Crippen molar-refractivity contribution in [1.29, 1.82) is 0 Å². The van der Waals surface area contributed by atoms with Crippen LogP contribution in [-0.2, 0) is 4.79 Å². The fourth-order valence-electron chi connectivity index (χ4n) is 2.51. The third-order valence-electron chi connectivity index (χ3n) is 4.14. The van der Waals surface area contributed by atoms with Gasteiger partial charge in [0.25, 0.3) is 5.91 Å². The molecule has 0 saturated carbocycles. The van der Waals surface area contributed by atoms with Crippen molar-refractivity contribution in [1.82, 2.24) is 0 Å². The van der Waals surface area contributed by atoms with E-state index in [9.17, 15) is 4.79 Å². The van der Waals surface area contributed by atoms with E-state index in [1.807, 2.05) is 42.5 Å². The number of amides is 1. The van der Waals surface area contributed by atoms with E-state index in [1.165, 1.54) is 18.4 Å². The Morgan fingerprint density at radius 2 is 1.81 bits per heavy atom. The molecule has 0 spiro atoms. The molecular weight excluding hydrogens is 406 g/mol. The number of nitrogens with one attached hydrogen (secondary N) is 1. The molecule has 0 aliphatic carbocycles. The summed E-state index contributed by atoms with van der Waals surface area (Å²) in [5, 5.41) is 2.83. The first kappa shape index (κ1) is 21.3. The van der Waals surface area contributed by atoms with E-state index < -0.39 is 0 Å². The maximum absolute atomic E-state index is 12.1. The predicted molar refractivity (Wildman–Crippen MR) is 114 cm³/mol. The van der Waals surface area contributed by atoms with E-state index in [1.54, 1.807) is 0 Å². The number of unbranched alkanes of at least 4 members (excludes halogenated alkanes) is 2. The molecule has 2 aromatic rings. The van der Waals surface area contributed by atoms with Gasteiger partial charge in [-0.3, -0.25) is 4.79 Å². The van der Waals surface area contributed by atoms with Gasteiger partial charge in [-0.1, -0.05) is 39.7 Å². The van der Waals surface area contributed by atoms with E-state index in [0.29, 0.717) is 11.7 Å². The average Bonchev–Trinajstić information content (AvgIpc) is 2.65. The molecule has 0 radical (unpaired) electrons. The number of ether oxygens (including phenoxy) is 2. The highest BCUT2D eigenvalue weighted by molar-refractivity contribution is 9.10. The number of benzene rings is 2. The molecule has 0 heterocycles. The van der Waals surface area contributed by atoms with Crippen molar-refractivity contribution in [2.75, 3.05) is 18.5 Å². The van der Waals surface area contributed by atoms with Gasteiger partial charge in [0.2, 0.25) is 0 Å². The number of anilines is 1. The first-order chi connectivity index (χ1) is 13.0. The van der Waals surface area contributed by atoms with Gasteiger partial charge < -0.3 is 14.8 Å². The number of hydrogen-bond donors (Lipinski definition) is 1. The largest absolute Gasteiger partial charge is 0.494 e. The third-order valence-corrected chi connectivity index (χ3v) is 4.76. The zero-order chi connectivity index (χ0) is 19.6. The molecule has 5 heteroatoms. The number of carbonyl (C=O) groups is 1. The van der Waals surface area contributed by atoms with Crippen LogP contribution in [-0.4, -0.2) is 19.1 Å². The molecule has 0 aliphatic heterocycles. The number of carbonyl (C=O) groups excluding carboxylic acids is 1. The van der Waals surface area contributed by atoms with Crippen molar-refractivity contribution in [3.63, 3.8) is 0 Å². The summed E-state index contributed by atoms with van der Waals surface area (Å²) in [5.74, 6) is 1.71. The topological polar surface area (TPSA) is 47.6 Å². The summed E-state index contributed by atoms with van der Waals surface area (Å²) < 4.78 is 12.1. The fraction of sp³-hybridized carbons (Fsp3) is 0.409. The maximum Gasteiger partial charge on any atom is 0.262 e. The van der Waals surface area contributed by atoms with E-state index in [4.69, 9.17) is 9.47 Å². The highest BCUT2D eigenvalue weighted by atomic mass is 79.9. The lowest BCUT2D eigenvalue weighted by Gasteiger charge is -2.12. The van der Waals surface area contributed by atoms with E-state index >= 15 is 0 Å².